The zero-order valence-electron chi connectivity index (χ0n) is 16.0. The van der Waals surface area contributed by atoms with Crippen molar-refractivity contribution in [3.63, 3.8) is 0 Å². The van der Waals surface area contributed by atoms with Crippen LogP contribution in [-0.2, 0) is 9.59 Å². The van der Waals surface area contributed by atoms with E-state index in [2.05, 4.69) is 10.3 Å². The summed E-state index contributed by atoms with van der Waals surface area (Å²) in [6.45, 7) is 1.97. The Morgan fingerprint density at radius 3 is 2.90 bits per heavy atom. The van der Waals surface area contributed by atoms with E-state index >= 15 is 0 Å². The van der Waals surface area contributed by atoms with Crippen LogP contribution in [0.5, 0.6) is 0 Å². The van der Waals surface area contributed by atoms with E-state index in [1.165, 1.54) is 21.9 Å². The maximum atomic E-state index is 13.9. The Morgan fingerprint density at radius 2 is 2.14 bits per heavy atom. The lowest BCUT2D eigenvalue weighted by molar-refractivity contribution is -0.126. The highest BCUT2D eigenvalue weighted by Crippen LogP contribution is 2.32. The number of aromatic nitrogens is 1. The third-order valence-corrected chi connectivity index (χ3v) is 5.36. The Kier molecular flexibility index (Phi) is 5.00. The van der Waals surface area contributed by atoms with Crippen LogP contribution < -0.4 is 10.2 Å². The normalized spacial score (nSPS) is 19.4. The molecule has 29 heavy (non-hydrogen) atoms. The SMILES string of the molecule is CC(NC(=O)CN1C(=O)C2CCCN2C(=O)c2ccc(F)cc21)c1ccccn1. The molecule has 2 aromatic rings. The number of hydrogen-bond donors (Lipinski definition) is 1. The number of fused-ring (bicyclic) bond motifs is 2. The summed E-state index contributed by atoms with van der Waals surface area (Å²) in [6.07, 6.45) is 2.88. The molecule has 2 aliphatic rings. The van der Waals surface area contributed by atoms with E-state index in [9.17, 15) is 18.8 Å². The van der Waals surface area contributed by atoms with Crippen molar-refractivity contribution in [3.8, 4) is 0 Å². The van der Waals surface area contributed by atoms with Crippen LogP contribution in [0.1, 0.15) is 41.9 Å². The average Bonchev–Trinajstić information content (AvgIpc) is 3.19. The number of nitrogens with one attached hydrogen (secondary N) is 1. The van der Waals surface area contributed by atoms with E-state index in [0.717, 1.165) is 12.5 Å². The van der Waals surface area contributed by atoms with Crippen LogP contribution in [0.25, 0.3) is 0 Å². The molecule has 0 saturated carbocycles. The Morgan fingerprint density at radius 1 is 1.31 bits per heavy atom. The highest BCUT2D eigenvalue weighted by molar-refractivity contribution is 6.12. The summed E-state index contributed by atoms with van der Waals surface area (Å²) in [5.74, 6) is -1.65. The smallest absolute Gasteiger partial charge is 0.256 e. The molecule has 3 heterocycles. The first-order chi connectivity index (χ1) is 14.0. The number of amides is 3. The van der Waals surface area contributed by atoms with Gasteiger partial charge in [-0.25, -0.2) is 4.39 Å². The second-order valence-electron chi connectivity index (χ2n) is 7.29. The van der Waals surface area contributed by atoms with Gasteiger partial charge in [-0.3, -0.25) is 19.4 Å². The molecule has 2 unspecified atom stereocenters. The van der Waals surface area contributed by atoms with Crippen LogP contribution in [0.3, 0.4) is 0 Å². The molecule has 0 radical (unpaired) electrons. The number of anilines is 1. The van der Waals surface area contributed by atoms with Crippen LogP contribution in [0.2, 0.25) is 0 Å². The van der Waals surface area contributed by atoms with Crippen molar-refractivity contribution < 1.29 is 18.8 Å². The van der Waals surface area contributed by atoms with Crippen molar-refractivity contribution in [1.82, 2.24) is 15.2 Å². The van der Waals surface area contributed by atoms with Gasteiger partial charge in [0.25, 0.3) is 5.91 Å². The Bertz CT molecular complexity index is 966. The molecule has 1 N–H and O–H groups in total. The number of nitrogens with zero attached hydrogens (tertiary/aromatic N) is 3. The molecule has 4 rings (SSSR count). The number of benzene rings is 1. The van der Waals surface area contributed by atoms with Gasteiger partial charge in [0.2, 0.25) is 11.8 Å². The third-order valence-electron chi connectivity index (χ3n) is 5.36. The Hall–Kier alpha value is -3.29. The van der Waals surface area contributed by atoms with Crippen molar-refractivity contribution in [2.24, 2.45) is 0 Å². The highest BCUT2D eigenvalue weighted by Gasteiger charge is 2.42. The van der Waals surface area contributed by atoms with Crippen LogP contribution in [0, 0.1) is 5.82 Å². The summed E-state index contributed by atoms with van der Waals surface area (Å²) in [4.78, 5) is 45.7. The van der Waals surface area contributed by atoms with Crippen molar-refractivity contribution >= 4 is 23.4 Å². The lowest BCUT2D eigenvalue weighted by atomic mass is 10.1. The fourth-order valence-corrected chi connectivity index (χ4v) is 3.93. The van der Waals surface area contributed by atoms with E-state index in [1.807, 2.05) is 6.07 Å². The predicted octanol–water partition coefficient (Wildman–Crippen LogP) is 2.05. The highest BCUT2D eigenvalue weighted by atomic mass is 19.1. The van der Waals surface area contributed by atoms with Gasteiger partial charge in [-0.05, 0) is 50.1 Å². The fourth-order valence-electron chi connectivity index (χ4n) is 3.93. The molecule has 1 aromatic heterocycles. The van der Waals surface area contributed by atoms with Crippen molar-refractivity contribution in [3.05, 3.63) is 59.7 Å². The monoisotopic (exact) mass is 396 g/mol. The average molecular weight is 396 g/mol. The number of carbonyl (C=O) groups excluding carboxylic acids is 3. The molecule has 2 atom stereocenters. The minimum absolute atomic E-state index is 0.134. The molecular weight excluding hydrogens is 375 g/mol. The van der Waals surface area contributed by atoms with Crippen molar-refractivity contribution in [1.29, 1.82) is 0 Å². The van der Waals surface area contributed by atoms with Gasteiger partial charge in [-0.2, -0.15) is 0 Å². The Balaban J connectivity index is 1.62. The van der Waals surface area contributed by atoms with Gasteiger partial charge in [0, 0.05) is 12.7 Å². The number of halogens is 1. The van der Waals surface area contributed by atoms with Gasteiger partial charge in [-0.1, -0.05) is 6.07 Å². The number of hydrogen-bond acceptors (Lipinski definition) is 4. The molecule has 1 saturated heterocycles. The largest absolute Gasteiger partial charge is 0.346 e. The molecule has 8 heteroatoms. The summed E-state index contributed by atoms with van der Waals surface area (Å²) < 4.78 is 13.9. The Labute approximate surface area is 167 Å². The van der Waals surface area contributed by atoms with E-state index < -0.39 is 17.8 Å². The zero-order chi connectivity index (χ0) is 20.5. The second kappa shape index (κ2) is 7.62. The molecule has 1 aromatic carbocycles. The zero-order valence-corrected chi connectivity index (χ0v) is 16.0. The lowest BCUT2D eigenvalue weighted by Gasteiger charge is -2.26. The lowest BCUT2D eigenvalue weighted by Crippen LogP contribution is -2.48. The number of carbonyl (C=O) groups is 3. The summed E-state index contributed by atoms with van der Waals surface area (Å²) in [5, 5.41) is 2.81. The molecule has 1 fully saturated rings. The van der Waals surface area contributed by atoms with E-state index in [0.29, 0.717) is 18.7 Å². The molecule has 0 spiro atoms. The molecule has 150 valence electrons. The minimum atomic E-state index is -0.626. The topological polar surface area (TPSA) is 82.6 Å². The maximum Gasteiger partial charge on any atom is 0.256 e. The van der Waals surface area contributed by atoms with Gasteiger partial charge >= 0.3 is 0 Å². The van der Waals surface area contributed by atoms with Crippen molar-refractivity contribution in [2.45, 2.75) is 31.8 Å². The van der Waals surface area contributed by atoms with E-state index in [-0.39, 0.29) is 35.7 Å². The summed E-state index contributed by atoms with van der Waals surface area (Å²) in [6, 6.07) is 8.12. The van der Waals surface area contributed by atoms with E-state index in [4.69, 9.17) is 0 Å². The molecular formula is C21H21FN4O3. The van der Waals surface area contributed by atoms with Crippen LogP contribution in [-0.4, -0.2) is 46.7 Å². The minimum Gasteiger partial charge on any atom is -0.346 e. The number of rotatable bonds is 4. The third kappa shape index (κ3) is 3.57. The van der Waals surface area contributed by atoms with Gasteiger partial charge in [0.15, 0.2) is 0 Å². The first-order valence-electron chi connectivity index (χ1n) is 9.58. The first kappa shape index (κ1) is 19.0. The molecule has 0 bridgehead atoms. The quantitative estimate of drug-likeness (QED) is 0.858. The summed E-state index contributed by atoms with van der Waals surface area (Å²) in [7, 11) is 0. The number of pyridine rings is 1. The van der Waals surface area contributed by atoms with Gasteiger partial charge < -0.3 is 15.1 Å². The van der Waals surface area contributed by atoms with Crippen molar-refractivity contribution in [2.75, 3.05) is 18.0 Å². The molecule has 2 aliphatic heterocycles. The van der Waals surface area contributed by atoms with Crippen LogP contribution >= 0.6 is 0 Å². The molecule has 7 nitrogen and oxygen atoms in total. The predicted molar refractivity (Wildman–Crippen MR) is 104 cm³/mol. The van der Waals surface area contributed by atoms with Gasteiger partial charge in [-0.15, -0.1) is 0 Å². The van der Waals surface area contributed by atoms with Gasteiger partial charge in [0.05, 0.1) is 23.0 Å². The molecule has 0 aliphatic carbocycles. The molecule has 3 amide bonds. The summed E-state index contributed by atoms with van der Waals surface area (Å²) in [5.41, 5.74) is 1.05. The van der Waals surface area contributed by atoms with Crippen LogP contribution in [0.15, 0.2) is 42.6 Å². The van der Waals surface area contributed by atoms with Gasteiger partial charge in [0.1, 0.15) is 18.4 Å². The van der Waals surface area contributed by atoms with Crippen LogP contribution in [0.4, 0.5) is 10.1 Å². The standard InChI is InChI=1S/C21H21FN4O3/c1-13(16-5-2-3-9-23-16)24-19(27)12-26-18-11-14(22)7-8-15(18)20(28)25-10-4-6-17(25)21(26)29/h2-3,5,7-9,11,13,17H,4,6,10,12H2,1H3,(H,24,27). The maximum absolute atomic E-state index is 13.9. The first-order valence-corrected chi connectivity index (χ1v) is 9.58. The fraction of sp³-hybridized carbons (Fsp3) is 0.333. The summed E-state index contributed by atoms with van der Waals surface area (Å²) >= 11 is 0. The second-order valence-corrected chi connectivity index (χ2v) is 7.29. The van der Waals surface area contributed by atoms with E-state index in [1.54, 1.807) is 25.3 Å².